The molecule has 3 rings (SSSR count). The van der Waals surface area contributed by atoms with Crippen molar-refractivity contribution in [1.29, 1.82) is 0 Å². The normalized spacial score (nSPS) is 17.2. The Kier molecular flexibility index (Phi) is 5.28. The Morgan fingerprint density at radius 3 is 2.92 bits per heavy atom. The van der Waals surface area contributed by atoms with Gasteiger partial charge < -0.3 is 14.6 Å². The van der Waals surface area contributed by atoms with Crippen molar-refractivity contribution in [2.45, 2.75) is 13.0 Å². The predicted octanol–water partition coefficient (Wildman–Crippen LogP) is 3.64. The van der Waals surface area contributed by atoms with Crippen molar-refractivity contribution < 1.29 is 14.0 Å². The molecule has 1 atom stereocenters. The van der Waals surface area contributed by atoms with Gasteiger partial charge in [-0.25, -0.2) is 0 Å². The molecule has 2 aromatic rings. The average Bonchev–Trinajstić information content (AvgIpc) is 3.07. The van der Waals surface area contributed by atoms with Crippen LogP contribution >= 0.6 is 11.8 Å². The molecule has 0 spiro atoms. The summed E-state index contributed by atoms with van der Waals surface area (Å²) in [5.41, 5.74) is 1.12. The van der Waals surface area contributed by atoms with Crippen LogP contribution in [0.3, 0.4) is 0 Å². The summed E-state index contributed by atoms with van der Waals surface area (Å²) < 4.78 is 5.75. The maximum Gasteiger partial charge on any atom is 0.254 e. The minimum absolute atomic E-state index is 0.0611. The molecule has 0 saturated carbocycles. The monoisotopic (exact) mass is 356 g/mol. The molecule has 2 amide bonds. The van der Waals surface area contributed by atoms with Gasteiger partial charge in [0.1, 0.15) is 11.5 Å². The minimum atomic E-state index is -0.303. The van der Waals surface area contributed by atoms with Crippen LogP contribution in [-0.2, 0) is 4.79 Å². The van der Waals surface area contributed by atoms with Crippen LogP contribution in [-0.4, -0.2) is 34.8 Å². The number of furan rings is 1. The largest absolute Gasteiger partial charge is 0.464 e. The Bertz CT molecular complexity index is 799. The molecule has 1 aromatic heterocycles. The van der Waals surface area contributed by atoms with Gasteiger partial charge in [-0.3, -0.25) is 9.59 Å². The van der Waals surface area contributed by atoms with Gasteiger partial charge in [0, 0.05) is 29.3 Å². The molecular formula is C19H20N2O3S. The molecule has 25 heavy (non-hydrogen) atoms. The van der Waals surface area contributed by atoms with Gasteiger partial charge in [0.25, 0.3) is 5.91 Å². The lowest BCUT2D eigenvalue weighted by Gasteiger charge is -2.34. The van der Waals surface area contributed by atoms with E-state index in [0.29, 0.717) is 17.8 Å². The lowest BCUT2D eigenvalue weighted by Crippen LogP contribution is -2.40. The molecule has 130 valence electrons. The van der Waals surface area contributed by atoms with Gasteiger partial charge in [-0.05, 0) is 43.3 Å². The zero-order valence-electron chi connectivity index (χ0n) is 14.0. The van der Waals surface area contributed by atoms with E-state index in [1.807, 2.05) is 35.7 Å². The molecule has 0 radical (unpaired) electrons. The van der Waals surface area contributed by atoms with Crippen molar-refractivity contribution in [3.8, 4) is 0 Å². The number of thioether (sulfide) groups is 1. The van der Waals surface area contributed by atoms with E-state index in [1.165, 1.54) is 6.08 Å². The molecule has 6 heteroatoms. The summed E-state index contributed by atoms with van der Waals surface area (Å²) in [5.74, 6) is 3.00. The summed E-state index contributed by atoms with van der Waals surface area (Å²) in [5, 5.41) is 2.69. The molecular weight excluding hydrogens is 336 g/mol. The fraction of sp³-hybridized carbons (Fsp3) is 0.263. The second kappa shape index (κ2) is 7.61. The third kappa shape index (κ3) is 3.96. The molecule has 5 nitrogen and oxygen atoms in total. The first-order valence-electron chi connectivity index (χ1n) is 8.07. The fourth-order valence-corrected chi connectivity index (χ4v) is 3.86. The molecule has 1 aliphatic heterocycles. The number of rotatable bonds is 4. The van der Waals surface area contributed by atoms with Gasteiger partial charge in [-0.1, -0.05) is 12.6 Å². The Morgan fingerprint density at radius 1 is 1.36 bits per heavy atom. The Balaban J connectivity index is 1.84. The van der Waals surface area contributed by atoms with Gasteiger partial charge in [0.05, 0.1) is 6.04 Å². The highest BCUT2D eigenvalue weighted by Gasteiger charge is 2.31. The predicted molar refractivity (Wildman–Crippen MR) is 99.8 cm³/mol. The van der Waals surface area contributed by atoms with E-state index in [-0.39, 0.29) is 17.9 Å². The zero-order valence-corrected chi connectivity index (χ0v) is 14.8. The first-order valence-corrected chi connectivity index (χ1v) is 9.22. The van der Waals surface area contributed by atoms with Crippen LogP contribution in [0.2, 0.25) is 0 Å². The van der Waals surface area contributed by atoms with Crippen LogP contribution in [0.15, 0.2) is 53.5 Å². The van der Waals surface area contributed by atoms with Crippen molar-refractivity contribution in [1.82, 2.24) is 4.90 Å². The number of benzene rings is 1. The number of carbonyl (C=O) groups is 2. The van der Waals surface area contributed by atoms with Crippen molar-refractivity contribution in [3.63, 3.8) is 0 Å². The number of nitrogens with one attached hydrogen (secondary N) is 1. The van der Waals surface area contributed by atoms with E-state index in [4.69, 9.17) is 4.42 Å². The van der Waals surface area contributed by atoms with E-state index in [0.717, 1.165) is 23.0 Å². The third-order valence-electron chi connectivity index (χ3n) is 4.04. The van der Waals surface area contributed by atoms with Crippen molar-refractivity contribution in [2.75, 3.05) is 23.4 Å². The molecule has 0 aliphatic carbocycles. The van der Waals surface area contributed by atoms with Crippen molar-refractivity contribution >= 4 is 29.3 Å². The SMILES string of the molecule is C=CC(=O)Nc1cccc(C(=O)N2CCSCC2c2ccc(C)o2)c1. The summed E-state index contributed by atoms with van der Waals surface area (Å²) in [7, 11) is 0. The zero-order chi connectivity index (χ0) is 17.8. The Hall–Kier alpha value is -2.47. The van der Waals surface area contributed by atoms with E-state index >= 15 is 0 Å². The van der Waals surface area contributed by atoms with Crippen LogP contribution in [0, 0.1) is 6.92 Å². The highest BCUT2D eigenvalue weighted by molar-refractivity contribution is 7.99. The van der Waals surface area contributed by atoms with Crippen LogP contribution in [0.25, 0.3) is 0 Å². The van der Waals surface area contributed by atoms with Gasteiger partial charge in [0.15, 0.2) is 0 Å². The van der Waals surface area contributed by atoms with E-state index < -0.39 is 0 Å². The number of hydrogen-bond donors (Lipinski definition) is 1. The van der Waals surface area contributed by atoms with Crippen LogP contribution < -0.4 is 5.32 Å². The fourth-order valence-electron chi connectivity index (χ4n) is 2.80. The van der Waals surface area contributed by atoms with Crippen LogP contribution in [0.4, 0.5) is 5.69 Å². The average molecular weight is 356 g/mol. The second-order valence-electron chi connectivity index (χ2n) is 5.81. The molecule has 1 unspecified atom stereocenters. The first-order chi connectivity index (χ1) is 12.1. The molecule has 1 aromatic carbocycles. The Labute approximate surface area is 151 Å². The highest BCUT2D eigenvalue weighted by Crippen LogP contribution is 2.32. The van der Waals surface area contributed by atoms with Crippen molar-refractivity contribution in [3.05, 3.63) is 66.1 Å². The lowest BCUT2D eigenvalue weighted by molar-refractivity contribution is -0.111. The summed E-state index contributed by atoms with van der Waals surface area (Å²) in [4.78, 5) is 26.4. The number of amides is 2. The van der Waals surface area contributed by atoms with Crippen molar-refractivity contribution in [2.24, 2.45) is 0 Å². The lowest BCUT2D eigenvalue weighted by atomic mass is 10.1. The summed E-state index contributed by atoms with van der Waals surface area (Å²) >= 11 is 1.82. The number of aryl methyl sites for hydroxylation is 1. The summed E-state index contributed by atoms with van der Waals surface area (Å²) in [6, 6.07) is 10.7. The molecule has 2 heterocycles. The number of anilines is 1. The number of carbonyl (C=O) groups excluding carboxylic acids is 2. The topological polar surface area (TPSA) is 62.6 Å². The molecule has 1 aliphatic rings. The van der Waals surface area contributed by atoms with Gasteiger partial charge in [-0.2, -0.15) is 11.8 Å². The van der Waals surface area contributed by atoms with E-state index in [2.05, 4.69) is 11.9 Å². The van der Waals surface area contributed by atoms with Gasteiger partial charge in [-0.15, -0.1) is 0 Å². The summed E-state index contributed by atoms with van der Waals surface area (Å²) in [6.07, 6.45) is 1.20. The second-order valence-corrected chi connectivity index (χ2v) is 6.96. The molecule has 1 fully saturated rings. The maximum atomic E-state index is 13.0. The quantitative estimate of drug-likeness (QED) is 0.850. The van der Waals surface area contributed by atoms with Crippen LogP contribution in [0.5, 0.6) is 0 Å². The first kappa shape index (κ1) is 17.4. The van der Waals surface area contributed by atoms with E-state index in [9.17, 15) is 9.59 Å². The number of hydrogen-bond acceptors (Lipinski definition) is 4. The highest BCUT2D eigenvalue weighted by atomic mass is 32.2. The minimum Gasteiger partial charge on any atom is -0.464 e. The smallest absolute Gasteiger partial charge is 0.254 e. The van der Waals surface area contributed by atoms with Gasteiger partial charge >= 0.3 is 0 Å². The van der Waals surface area contributed by atoms with Crippen LogP contribution in [0.1, 0.15) is 27.9 Å². The standard InChI is InChI=1S/C19H20N2O3S/c1-3-18(22)20-15-6-4-5-14(11-15)19(23)21-9-10-25-12-16(21)17-8-7-13(2)24-17/h3-8,11,16H,1,9-10,12H2,2H3,(H,20,22). The van der Waals surface area contributed by atoms with Gasteiger partial charge in [0.2, 0.25) is 5.91 Å². The number of nitrogens with zero attached hydrogens (tertiary/aromatic N) is 1. The van der Waals surface area contributed by atoms with E-state index in [1.54, 1.807) is 24.3 Å². The maximum absolute atomic E-state index is 13.0. The molecule has 1 saturated heterocycles. The Morgan fingerprint density at radius 2 is 2.20 bits per heavy atom. The summed E-state index contributed by atoms with van der Waals surface area (Å²) in [6.45, 7) is 6.00. The molecule has 0 bridgehead atoms. The third-order valence-corrected chi connectivity index (χ3v) is 5.06. The molecule has 1 N–H and O–H groups in total.